The molecule has 48 heteroatoms. The Morgan fingerprint density at radius 1 is 0.304 bits per heavy atom. The average molecular weight is 1940 g/mol. The van der Waals surface area contributed by atoms with E-state index in [-0.39, 0.29) is 178 Å². The van der Waals surface area contributed by atoms with E-state index in [1.165, 1.54) is 0 Å². The predicted octanol–water partition coefficient (Wildman–Crippen LogP) is -5.50. The Morgan fingerprint density at radius 2 is 0.511 bits per heavy atom. The summed E-state index contributed by atoms with van der Waals surface area (Å²) in [6, 6.07) is 8.25. The topological polar surface area (TPSA) is 689 Å². The van der Waals surface area contributed by atoms with Crippen molar-refractivity contribution in [3.63, 3.8) is 0 Å². The van der Waals surface area contributed by atoms with Crippen LogP contribution in [0.5, 0.6) is 34.5 Å². The van der Waals surface area contributed by atoms with Crippen molar-refractivity contribution >= 4 is 36.0 Å². The van der Waals surface area contributed by atoms with Crippen molar-refractivity contribution in [1.82, 2.24) is 31.9 Å². The normalized spacial score (nSPS) is 22.7. The molecule has 3 fully saturated rings. The van der Waals surface area contributed by atoms with E-state index in [1.807, 2.05) is 36.4 Å². The van der Waals surface area contributed by atoms with E-state index in [4.69, 9.17) is 117 Å². The van der Waals surface area contributed by atoms with Crippen LogP contribution in [0.2, 0.25) is 0 Å². The van der Waals surface area contributed by atoms with E-state index in [9.17, 15) is 90.0 Å². The van der Waals surface area contributed by atoms with Gasteiger partial charge in [0, 0.05) is 0 Å². The van der Waals surface area contributed by atoms with Gasteiger partial charge in [-0.2, -0.15) is 0 Å². The minimum Gasteiger partial charge on any atom is -0.493 e. The monoisotopic (exact) mass is 1940 g/mol. The van der Waals surface area contributed by atoms with Crippen LogP contribution in [0.25, 0.3) is 0 Å². The highest BCUT2D eigenvalue weighted by Gasteiger charge is 2.48. The highest BCUT2D eigenvalue weighted by molar-refractivity contribution is 5.87. The highest BCUT2D eigenvalue weighted by atomic mass is 16.6. The molecule has 3 aromatic carbocycles. The first-order valence-electron chi connectivity index (χ1n) is 45.3. The fourth-order valence-electron chi connectivity index (χ4n) is 14.4. The standard InChI is InChI=1S/C87H141N9O39/c1-115-61-43-52-40-53-44-62(116-2)65(128-35-29-122-23-17-119-20-26-125-32-38-131-86(113)92-59(11-5-8-14-89)80(110)95-83-77(107)74(104)71(101)68(50-98)134-83)47-56(53)42-57-48-66(129-36-30-123-24-18-120-21-27-126-33-39-132-87(114)93-60(12-6-9-15-90)81(111)96-84-78(108)75(105)72(102)69(51-99)135-84)63(117-3)45-54(57)41-55(52)46-64(61)127-34-28-121-22-16-118-19-25-124-31-37-130-85(112)91-58(10-4-7-13-88)79(109)94-82-76(106)73(103)70(100)67(49-97)133-82/h43-48,58-60,67-78,82-84,97-108H,4-42,49-51,88-90H2,1-3H3,(H,91,112)(H,92,113)(H,93,114)(H,94,109)(H,95,110)(H,96,111)/t58-,59-,60-,67+,68+,69+,70-,71-,72-,73-,74-,75-,76+,77+,78+,82+,83+,84+/m0/s1. The van der Waals surface area contributed by atoms with Gasteiger partial charge in [0.05, 0.1) is 160 Å². The molecule has 0 spiro atoms. The molecule has 135 heavy (non-hydrogen) atoms. The van der Waals surface area contributed by atoms with E-state index in [0.717, 1.165) is 33.4 Å². The van der Waals surface area contributed by atoms with Gasteiger partial charge < -0.3 is 210 Å². The molecule has 18 atom stereocenters. The minimum absolute atomic E-state index is 0.000898. The molecule has 7 rings (SSSR count). The predicted molar refractivity (Wildman–Crippen MR) is 471 cm³/mol. The summed E-state index contributed by atoms with van der Waals surface area (Å²) in [5.74, 6) is 0.516. The van der Waals surface area contributed by atoms with Crippen molar-refractivity contribution in [1.29, 1.82) is 0 Å². The number of fused-ring (bicyclic) bond motifs is 3. The van der Waals surface area contributed by atoms with Crippen molar-refractivity contribution in [2.45, 2.75) is 187 Å². The van der Waals surface area contributed by atoms with Gasteiger partial charge in [-0.1, -0.05) is 0 Å². The maximum atomic E-state index is 13.2. The Hall–Kier alpha value is -8.40. The first-order valence-corrected chi connectivity index (χ1v) is 45.3. The molecule has 0 bridgehead atoms. The zero-order chi connectivity index (χ0) is 97.8. The zero-order valence-corrected chi connectivity index (χ0v) is 76.7. The van der Waals surface area contributed by atoms with E-state index < -0.39 is 166 Å². The summed E-state index contributed by atoms with van der Waals surface area (Å²) < 4.78 is 120. The van der Waals surface area contributed by atoms with Gasteiger partial charge in [-0.15, -0.1) is 0 Å². The maximum absolute atomic E-state index is 13.2. The van der Waals surface area contributed by atoms with Gasteiger partial charge in [0.15, 0.2) is 53.2 Å². The van der Waals surface area contributed by atoms with Crippen LogP contribution >= 0.6 is 0 Å². The van der Waals surface area contributed by atoms with Crippen LogP contribution in [0.3, 0.4) is 0 Å². The summed E-state index contributed by atoms with van der Waals surface area (Å²) in [6.45, 7) is 1.73. The van der Waals surface area contributed by atoms with Crippen LogP contribution in [-0.2, 0) is 105 Å². The second-order valence-electron chi connectivity index (χ2n) is 31.5. The number of rotatable bonds is 66. The third kappa shape index (κ3) is 38.7. The lowest BCUT2D eigenvalue weighted by Gasteiger charge is -2.40. The van der Waals surface area contributed by atoms with Gasteiger partial charge in [0.1, 0.15) is 131 Å². The van der Waals surface area contributed by atoms with E-state index in [2.05, 4.69) is 31.9 Å². The van der Waals surface area contributed by atoms with Gasteiger partial charge in [0.25, 0.3) is 0 Å². The Labute approximate surface area is 782 Å². The molecule has 3 saturated heterocycles. The summed E-state index contributed by atoms with van der Waals surface area (Å²) >= 11 is 0. The smallest absolute Gasteiger partial charge is 0.407 e. The number of carbonyl (C=O) groups excluding carboxylic acids is 6. The molecule has 0 saturated carbocycles. The lowest BCUT2D eigenvalue weighted by molar-refractivity contribution is -0.236. The largest absolute Gasteiger partial charge is 0.493 e. The molecule has 3 aliphatic heterocycles. The Balaban J connectivity index is 0.875. The first kappa shape index (κ1) is 114. The van der Waals surface area contributed by atoms with Gasteiger partial charge >= 0.3 is 18.3 Å². The number of hydrogen-bond acceptors (Lipinski definition) is 42. The Morgan fingerprint density at radius 3 is 0.719 bits per heavy atom. The third-order valence-corrected chi connectivity index (χ3v) is 21.9. The average Bonchev–Trinajstić information content (AvgIpc) is 1.68. The molecular formula is C87H141N9O39. The number of carbonyl (C=O) groups is 6. The fraction of sp³-hybridized carbons (Fsp3) is 0.724. The molecule has 768 valence electrons. The van der Waals surface area contributed by atoms with Crippen LogP contribution in [0.15, 0.2) is 36.4 Å². The number of ether oxygens (including phenoxy) is 21. The molecule has 0 aromatic heterocycles. The SMILES string of the molecule is COc1cc2c(cc1OCCOCCOCCOCCOC(=O)N[C@@H](CCCCN)C(=O)N[C@@H]1O[C@H](CO)[C@H](O)[C@H](O)[C@H]1O)Cc1cc(OC)c(OCCOCCOCCOCCOC(=O)N[C@@H](CCCCN)C(=O)N[C@@H]3O[C@H](CO)[C@H](O)[C@H](O)[C@H]3O)cc1Cc1cc(OCCOCCOCCOCCOC(=O)N[C@@H](CCCCN)C(=O)N[C@@H]3O[C@H](CO)[C@H](O)[C@H](O)[C@H]3O)c(OC)cc1C2. The second-order valence-corrected chi connectivity index (χ2v) is 31.5. The molecule has 6 amide bonds. The van der Waals surface area contributed by atoms with Crippen LogP contribution in [0.4, 0.5) is 14.4 Å². The number of aliphatic hydroxyl groups excluding tert-OH is 12. The van der Waals surface area contributed by atoms with Gasteiger partial charge in [-0.25, -0.2) is 14.4 Å². The van der Waals surface area contributed by atoms with Crippen LogP contribution in [0, 0.1) is 0 Å². The third-order valence-electron chi connectivity index (χ3n) is 21.9. The van der Waals surface area contributed by atoms with Gasteiger partial charge in [-0.3, -0.25) is 14.4 Å². The zero-order valence-electron chi connectivity index (χ0n) is 76.7. The highest BCUT2D eigenvalue weighted by Crippen LogP contribution is 2.42. The van der Waals surface area contributed by atoms with Crippen molar-refractivity contribution < 1.29 is 190 Å². The van der Waals surface area contributed by atoms with Crippen molar-refractivity contribution in [2.24, 2.45) is 17.2 Å². The van der Waals surface area contributed by atoms with Gasteiger partial charge in [0.2, 0.25) is 17.7 Å². The summed E-state index contributed by atoms with van der Waals surface area (Å²) in [6.07, 6.45) is -21.6. The molecule has 0 unspecified atom stereocenters. The number of amides is 6. The Kier molecular flexibility index (Phi) is 53.8. The lowest BCUT2D eigenvalue weighted by Crippen LogP contribution is -2.64. The number of benzene rings is 3. The Bertz CT molecular complexity index is 3910. The minimum atomic E-state index is -1.73. The molecule has 24 N–H and O–H groups in total. The van der Waals surface area contributed by atoms with Gasteiger partial charge in [-0.05, 0) is 166 Å². The van der Waals surface area contributed by atoms with Crippen molar-refractivity contribution in [3.05, 3.63) is 69.8 Å². The molecule has 0 radical (unpaired) electrons. The molecule has 3 aromatic rings. The molecule has 48 nitrogen and oxygen atoms in total. The van der Waals surface area contributed by atoms with Crippen LogP contribution in [0.1, 0.15) is 91.2 Å². The maximum Gasteiger partial charge on any atom is 0.407 e. The first-order chi connectivity index (χ1) is 65.3. The second kappa shape index (κ2) is 64.0. The number of alkyl carbamates (subject to hydrolysis) is 3. The number of methoxy groups -OCH3 is 3. The number of hydrogen-bond donors (Lipinski definition) is 21. The van der Waals surface area contributed by atoms with Crippen molar-refractivity contribution in [3.8, 4) is 34.5 Å². The molecular weight excluding hydrogens is 1790 g/mol. The number of nitrogens with one attached hydrogen (secondary N) is 6. The summed E-state index contributed by atoms with van der Waals surface area (Å²) in [5.41, 5.74) is 22.4. The van der Waals surface area contributed by atoms with Crippen LogP contribution in [-0.4, -0.2) is 427 Å². The summed E-state index contributed by atoms with van der Waals surface area (Å²) in [5, 5.41) is 135. The molecule has 3 heterocycles. The van der Waals surface area contributed by atoms with E-state index >= 15 is 0 Å². The number of nitrogens with two attached hydrogens (primary N) is 3. The van der Waals surface area contributed by atoms with Crippen molar-refractivity contribution in [2.75, 3.05) is 219 Å². The summed E-state index contributed by atoms with van der Waals surface area (Å²) in [4.78, 5) is 77.9. The lowest BCUT2D eigenvalue weighted by atomic mass is 9.94. The quantitative estimate of drug-likeness (QED) is 0.0145. The fourth-order valence-corrected chi connectivity index (χ4v) is 14.4. The molecule has 1 aliphatic carbocycles. The van der Waals surface area contributed by atoms with E-state index in [0.29, 0.717) is 112 Å². The molecule has 4 aliphatic rings. The summed E-state index contributed by atoms with van der Waals surface area (Å²) in [7, 11) is 4.67. The van der Waals surface area contributed by atoms with E-state index in [1.54, 1.807) is 21.3 Å². The van der Waals surface area contributed by atoms with Crippen LogP contribution < -0.4 is 77.5 Å². The number of unbranched alkanes of at least 4 members (excludes halogenated alkanes) is 3. The number of aliphatic hydroxyl groups is 12.